The summed E-state index contributed by atoms with van der Waals surface area (Å²) in [5.41, 5.74) is 2.09. The topological polar surface area (TPSA) is 81.3 Å². The summed E-state index contributed by atoms with van der Waals surface area (Å²) in [6.07, 6.45) is 9.34. The SMILES string of the molecule is O=C(c1nn(C23CC4CC(CC(C4)C2)C3)cc1[N+](=O)[O-])N1CCc2ccccc2C1. The Balaban J connectivity index is 1.34. The van der Waals surface area contributed by atoms with Crippen LogP contribution >= 0.6 is 0 Å². The predicted octanol–water partition coefficient (Wildman–Crippen LogP) is 3.92. The molecule has 1 amide bonds. The van der Waals surface area contributed by atoms with Gasteiger partial charge in [-0.25, -0.2) is 0 Å². The molecule has 0 spiro atoms. The van der Waals surface area contributed by atoms with Crippen LogP contribution in [0.3, 0.4) is 0 Å². The van der Waals surface area contributed by atoms with Gasteiger partial charge in [0.25, 0.3) is 5.91 Å². The van der Waals surface area contributed by atoms with Crippen LogP contribution in [0.5, 0.6) is 0 Å². The van der Waals surface area contributed by atoms with Crippen LogP contribution < -0.4 is 0 Å². The van der Waals surface area contributed by atoms with Gasteiger partial charge in [0.15, 0.2) is 0 Å². The van der Waals surface area contributed by atoms with E-state index in [0.717, 1.165) is 31.2 Å². The zero-order valence-corrected chi connectivity index (χ0v) is 17.0. The molecular formula is C23H26N4O3. The van der Waals surface area contributed by atoms with Gasteiger partial charge in [0.2, 0.25) is 5.69 Å². The van der Waals surface area contributed by atoms with Crippen LogP contribution in [0.15, 0.2) is 30.5 Å². The first-order chi connectivity index (χ1) is 14.5. The first-order valence-corrected chi connectivity index (χ1v) is 11.1. The largest absolute Gasteiger partial charge is 0.332 e. The molecule has 2 aromatic rings. The number of carbonyl (C=O) groups excluding carboxylic acids is 1. The van der Waals surface area contributed by atoms with Crippen LogP contribution in [0.1, 0.15) is 60.1 Å². The third kappa shape index (κ3) is 2.71. The number of fused-ring (bicyclic) bond motifs is 1. The summed E-state index contributed by atoms with van der Waals surface area (Å²) in [5.74, 6) is 1.80. The maximum absolute atomic E-state index is 13.3. The molecule has 1 aromatic carbocycles. The van der Waals surface area contributed by atoms with Crippen molar-refractivity contribution in [3.05, 3.63) is 57.4 Å². The number of nitrogens with zero attached hydrogens (tertiary/aromatic N) is 4. The molecule has 30 heavy (non-hydrogen) atoms. The fourth-order valence-electron chi connectivity index (χ4n) is 7.06. The van der Waals surface area contributed by atoms with Gasteiger partial charge in [-0.2, -0.15) is 5.10 Å². The molecule has 1 aromatic heterocycles. The minimum absolute atomic E-state index is 0.00938. The summed E-state index contributed by atoms with van der Waals surface area (Å²) < 4.78 is 1.83. The van der Waals surface area contributed by atoms with E-state index in [1.807, 2.05) is 22.9 Å². The van der Waals surface area contributed by atoms with E-state index in [2.05, 4.69) is 11.2 Å². The molecule has 0 unspecified atom stereocenters. The van der Waals surface area contributed by atoms with Gasteiger partial charge in [-0.05, 0) is 73.8 Å². The lowest BCUT2D eigenvalue weighted by atomic mass is 9.53. The summed E-state index contributed by atoms with van der Waals surface area (Å²) in [4.78, 5) is 26.4. The van der Waals surface area contributed by atoms with Gasteiger partial charge in [0.1, 0.15) is 6.20 Å². The number of nitro groups is 1. The molecule has 7 rings (SSSR count). The average Bonchev–Trinajstić information content (AvgIpc) is 3.19. The van der Waals surface area contributed by atoms with E-state index in [4.69, 9.17) is 0 Å². The third-order valence-corrected chi connectivity index (χ3v) is 8.00. The Labute approximate surface area is 175 Å². The van der Waals surface area contributed by atoms with Crippen molar-refractivity contribution in [1.29, 1.82) is 0 Å². The Kier molecular flexibility index (Phi) is 3.86. The van der Waals surface area contributed by atoms with Gasteiger partial charge in [0, 0.05) is 13.1 Å². The normalized spacial score (nSPS) is 31.6. The average molecular weight is 406 g/mol. The van der Waals surface area contributed by atoms with E-state index in [1.54, 1.807) is 11.1 Å². The Morgan fingerprint density at radius 2 is 1.70 bits per heavy atom. The highest BCUT2D eigenvalue weighted by Crippen LogP contribution is 2.58. The monoisotopic (exact) mass is 406 g/mol. The van der Waals surface area contributed by atoms with E-state index in [0.29, 0.717) is 30.8 Å². The Morgan fingerprint density at radius 3 is 2.33 bits per heavy atom. The van der Waals surface area contributed by atoms with Gasteiger partial charge in [-0.3, -0.25) is 19.6 Å². The lowest BCUT2D eigenvalue weighted by Gasteiger charge is -2.56. The first-order valence-electron chi connectivity index (χ1n) is 11.1. The maximum Gasteiger partial charge on any atom is 0.320 e. The summed E-state index contributed by atoms with van der Waals surface area (Å²) in [7, 11) is 0. The Hall–Kier alpha value is -2.70. The molecule has 4 saturated carbocycles. The molecule has 5 aliphatic rings. The number of carbonyl (C=O) groups is 1. The van der Waals surface area contributed by atoms with Crippen LogP contribution in [0.2, 0.25) is 0 Å². The van der Waals surface area contributed by atoms with Gasteiger partial charge in [-0.15, -0.1) is 0 Å². The summed E-state index contributed by atoms with van der Waals surface area (Å²) >= 11 is 0. The minimum Gasteiger partial charge on any atom is -0.332 e. The molecule has 2 heterocycles. The van der Waals surface area contributed by atoms with Gasteiger partial charge in [0.05, 0.1) is 10.5 Å². The van der Waals surface area contributed by atoms with Crippen molar-refractivity contribution >= 4 is 11.6 Å². The second-order valence-corrected chi connectivity index (χ2v) is 9.95. The van der Waals surface area contributed by atoms with Crippen molar-refractivity contribution in [1.82, 2.24) is 14.7 Å². The molecule has 7 nitrogen and oxygen atoms in total. The first kappa shape index (κ1) is 18.1. The molecule has 7 heteroatoms. The number of hydrogen-bond donors (Lipinski definition) is 0. The van der Waals surface area contributed by atoms with E-state index in [-0.39, 0.29) is 22.8 Å². The van der Waals surface area contributed by atoms with Crippen molar-refractivity contribution in [3.8, 4) is 0 Å². The number of benzene rings is 1. The molecule has 0 radical (unpaired) electrons. The molecule has 0 atom stereocenters. The Bertz CT molecular complexity index is 1010. The molecular weight excluding hydrogens is 380 g/mol. The zero-order valence-electron chi connectivity index (χ0n) is 17.0. The maximum atomic E-state index is 13.3. The van der Waals surface area contributed by atoms with Crippen LogP contribution in [0.4, 0.5) is 5.69 Å². The standard InChI is InChI=1S/C23H26N4O3/c28-22(25-6-5-18-3-1-2-4-19(18)13-25)21-20(27(29)30)14-26(24-21)23-10-15-7-16(11-23)9-17(8-15)12-23/h1-4,14-17H,5-13H2. The van der Waals surface area contributed by atoms with Gasteiger partial charge >= 0.3 is 5.69 Å². The fourth-order valence-corrected chi connectivity index (χ4v) is 7.06. The van der Waals surface area contributed by atoms with E-state index < -0.39 is 4.92 Å². The van der Waals surface area contributed by atoms with Crippen molar-refractivity contribution in [2.45, 2.75) is 57.0 Å². The predicted molar refractivity (Wildman–Crippen MR) is 110 cm³/mol. The fraction of sp³-hybridized carbons (Fsp3) is 0.565. The molecule has 0 saturated heterocycles. The highest BCUT2D eigenvalue weighted by molar-refractivity contribution is 5.96. The van der Waals surface area contributed by atoms with Crippen molar-refractivity contribution in [3.63, 3.8) is 0 Å². The van der Waals surface area contributed by atoms with Crippen LogP contribution in [0.25, 0.3) is 0 Å². The minimum atomic E-state index is -0.435. The second-order valence-electron chi connectivity index (χ2n) is 9.95. The molecule has 0 N–H and O–H groups in total. The van der Waals surface area contributed by atoms with Crippen LogP contribution in [0, 0.1) is 27.9 Å². The molecule has 1 aliphatic heterocycles. The highest BCUT2D eigenvalue weighted by atomic mass is 16.6. The number of rotatable bonds is 3. The van der Waals surface area contributed by atoms with Gasteiger partial charge in [-0.1, -0.05) is 24.3 Å². The van der Waals surface area contributed by atoms with E-state index in [9.17, 15) is 14.9 Å². The summed E-state index contributed by atoms with van der Waals surface area (Å²) in [6, 6.07) is 8.09. The van der Waals surface area contributed by atoms with E-state index >= 15 is 0 Å². The molecule has 4 fully saturated rings. The smallest absolute Gasteiger partial charge is 0.320 e. The molecule has 4 bridgehead atoms. The van der Waals surface area contributed by atoms with Crippen molar-refractivity contribution < 1.29 is 9.72 Å². The highest BCUT2D eigenvalue weighted by Gasteiger charge is 2.53. The Morgan fingerprint density at radius 1 is 1.07 bits per heavy atom. The molecule has 4 aliphatic carbocycles. The van der Waals surface area contributed by atoms with Crippen molar-refractivity contribution in [2.75, 3.05) is 6.54 Å². The summed E-state index contributed by atoms with van der Waals surface area (Å²) in [5, 5.41) is 16.5. The van der Waals surface area contributed by atoms with Crippen LogP contribution in [-0.2, 0) is 18.5 Å². The molecule has 156 valence electrons. The lowest BCUT2D eigenvalue weighted by Crippen LogP contribution is -2.52. The van der Waals surface area contributed by atoms with E-state index in [1.165, 1.54) is 24.8 Å². The lowest BCUT2D eigenvalue weighted by molar-refractivity contribution is -0.385. The number of aromatic nitrogens is 2. The zero-order chi connectivity index (χ0) is 20.5. The summed E-state index contributed by atoms with van der Waals surface area (Å²) in [6.45, 7) is 1.05. The van der Waals surface area contributed by atoms with Crippen LogP contribution in [-0.4, -0.2) is 32.1 Å². The quantitative estimate of drug-likeness (QED) is 0.572. The number of hydrogen-bond acceptors (Lipinski definition) is 4. The van der Waals surface area contributed by atoms with Crippen molar-refractivity contribution in [2.24, 2.45) is 17.8 Å². The number of amides is 1. The van der Waals surface area contributed by atoms with Gasteiger partial charge < -0.3 is 4.90 Å². The third-order valence-electron chi connectivity index (χ3n) is 8.00. The second kappa shape index (κ2) is 6.40.